The van der Waals surface area contributed by atoms with Gasteiger partial charge >= 0.3 is 0 Å². The van der Waals surface area contributed by atoms with Crippen molar-refractivity contribution in [1.29, 1.82) is 0 Å². The molecule has 1 aromatic rings. The molecule has 62 valence electrons. The van der Waals surface area contributed by atoms with E-state index in [4.69, 9.17) is 7.85 Å². The van der Waals surface area contributed by atoms with Crippen molar-refractivity contribution < 1.29 is 0 Å². The molecule has 1 rings (SSSR count). The number of hydrogen-bond acceptors (Lipinski definition) is 2. The monoisotopic (exact) mass is 160 g/mol. The second-order valence-corrected chi connectivity index (χ2v) is 3.57. The molecule has 1 heterocycles. The predicted octanol–water partition coefficient (Wildman–Crippen LogP) is 0.958. The molecule has 0 aromatic carbocycles. The zero-order valence-corrected chi connectivity index (χ0v) is 7.83. The summed E-state index contributed by atoms with van der Waals surface area (Å²) in [6, 6.07) is 1.94. The minimum Gasteiger partial charge on any atom is -0.167 e. The van der Waals surface area contributed by atoms with Gasteiger partial charge in [-0.2, -0.15) is 10.2 Å². The number of aromatic nitrogens is 2. The first-order chi connectivity index (χ1) is 5.58. The second kappa shape index (κ2) is 3.25. The van der Waals surface area contributed by atoms with Crippen molar-refractivity contribution in [2.45, 2.75) is 32.6 Å². The molecule has 2 nitrogen and oxygen atoms in total. The number of rotatable bonds is 2. The highest BCUT2D eigenvalue weighted by atomic mass is 15.1. The third kappa shape index (κ3) is 1.66. The zero-order chi connectivity index (χ0) is 9.19. The topological polar surface area (TPSA) is 25.8 Å². The highest BCUT2D eigenvalue weighted by molar-refractivity contribution is 6.31. The summed E-state index contributed by atoms with van der Waals surface area (Å²) >= 11 is 0. The van der Waals surface area contributed by atoms with E-state index in [0.29, 0.717) is 5.59 Å². The van der Waals surface area contributed by atoms with Gasteiger partial charge in [0.1, 0.15) is 7.85 Å². The molecule has 0 N–H and O–H groups in total. The maximum atomic E-state index is 5.71. The first-order valence-corrected chi connectivity index (χ1v) is 4.15. The van der Waals surface area contributed by atoms with Crippen LogP contribution in [0, 0.1) is 0 Å². The van der Waals surface area contributed by atoms with E-state index in [1.807, 2.05) is 6.07 Å². The third-order valence-corrected chi connectivity index (χ3v) is 2.36. The van der Waals surface area contributed by atoms with Crippen LogP contribution in [0.25, 0.3) is 0 Å². The van der Waals surface area contributed by atoms with Crippen molar-refractivity contribution in [3.05, 3.63) is 17.8 Å². The third-order valence-electron chi connectivity index (χ3n) is 2.36. The number of hydrogen-bond donors (Lipinski definition) is 0. The minimum atomic E-state index is 0.0972. The fourth-order valence-electron chi connectivity index (χ4n) is 1.11. The van der Waals surface area contributed by atoms with Gasteiger partial charge in [-0.15, -0.1) is 0 Å². The summed E-state index contributed by atoms with van der Waals surface area (Å²) in [6.07, 6.45) is 2.73. The molecular formula is C9H13BN2. The Bertz CT molecular complexity index is 271. The molecule has 0 saturated heterocycles. The van der Waals surface area contributed by atoms with E-state index in [1.165, 1.54) is 0 Å². The molecule has 1 aromatic heterocycles. The Morgan fingerprint density at radius 2 is 2.17 bits per heavy atom. The van der Waals surface area contributed by atoms with Gasteiger partial charge in [0, 0.05) is 11.8 Å². The molecule has 0 atom stereocenters. The lowest BCUT2D eigenvalue weighted by atomic mass is 9.78. The van der Waals surface area contributed by atoms with Gasteiger partial charge in [0.2, 0.25) is 0 Å². The second-order valence-electron chi connectivity index (χ2n) is 3.57. The zero-order valence-electron chi connectivity index (χ0n) is 7.83. The standard InChI is InChI=1S/C9H13BN2/c1-4-9(2,3)7-5-6-11-12-8(7)10/h5-6H,4H2,1-3H3. The van der Waals surface area contributed by atoms with E-state index >= 15 is 0 Å². The summed E-state index contributed by atoms with van der Waals surface area (Å²) < 4.78 is 0. The van der Waals surface area contributed by atoms with Crippen LogP contribution in [0.15, 0.2) is 12.3 Å². The lowest BCUT2D eigenvalue weighted by Crippen LogP contribution is -2.27. The Balaban J connectivity index is 3.10. The van der Waals surface area contributed by atoms with Crippen molar-refractivity contribution in [1.82, 2.24) is 10.2 Å². The Labute approximate surface area is 74.8 Å². The van der Waals surface area contributed by atoms with Crippen LogP contribution < -0.4 is 5.59 Å². The molecule has 0 fully saturated rings. The molecule has 0 aliphatic heterocycles. The van der Waals surface area contributed by atoms with Gasteiger partial charge < -0.3 is 0 Å². The quantitative estimate of drug-likeness (QED) is 0.602. The maximum absolute atomic E-state index is 5.71. The van der Waals surface area contributed by atoms with Gasteiger partial charge in [-0.05, 0) is 23.5 Å². The molecule has 0 spiro atoms. The summed E-state index contributed by atoms with van der Waals surface area (Å²) in [5.74, 6) is 0. The van der Waals surface area contributed by atoms with Crippen molar-refractivity contribution >= 4 is 13.4 Å². The summed E-state index contributed by atoms with van der Waals surface area (Å²) in [7, 11) is 5.71. The van der Waals surface area contributed by atoms with E-state index in [0.717, 1.165) is 12.0 Å². The number of nitrogens with zero attached hydrogens (tertiary/aromatic N) is 2. The van der Waals surface area contributed by atoms with Gasteiger partial charge in [-0.25, -0.2) is 0 Å². The van der Waals surface area contributed by atoms with E-state index in [-0.39, 0.29) is 5.41 Å². The molecule has 12 heavy (non-hydrogen) atoms. The van der Waals surface area contributed by atoms with Gasteiger partial charge in [0.15, 0.2) is 0 Å². The largest absolute Gasteiger partial charge is 0.167 e. The Morgan fingerprint density at radius 1 is 1.50 bits per heavy atom. The minimum absolute atomic E-state index is 0.0972. The average molecular weight is 160 g/mol. The van der Waals surface area contributed by atoms with Gasteiger partial charge in [-0.1, -0.05) is 20.8 Å². The van der Waals surface area contributed by atoms with Crippen LogP contribution in [0.4, 0.5) is 0 Å². The summed E-state index contributed by atoms with van der Waals surface area (Å²) in [5, 5.41) is 7.54. The summed E-state index contributed by atoms with van der Waals surface area (Å²) in [5.41, 5.74) is 1.73. The lowest BCUT2D eigenvalue weighted by molar-refractivity contribution is 0.507. The van der Waals surface area contributed by atoms with Crippen molar-refractivity contribution in [2.75, 3.05) is 0 Å². The Kier molecular flexibility index (Phi) is 2.50. The van der Waals surface area contributed by atoms with Crippen LogP contribution in [0.3, 0.4) is 0 Å². The molecule has 0 aliphatic carbocycles. The van der Waals surface area contributed by atoms with Gasteiger partial charge in [0.05, 0.1) is 0 Å². The molecular weight excluding hydrogens is 147 g/mol. The SMILES string of the molecule is [B]c1nnccc1C(C)(C)CC. The fourth-order valence-corrected chi connectivity index (χ4v) is 1.11. The maximum Gasteiger partial charge on any atom is 0.144 e. The molecule has 3 heteroatoms. The highest BCUT2D eigenvalue weighted by Gasteiger charge is 2.19. The average Bonchev–Trinajstić information content (AvgIpc) is 2.05. The fraction of sp³-hybridized carbons (Fsp3) is 0.556. The van der Waals surface area contributed by atoms with Crippen LogP contribution >= 0.6 is 0 Å². The van der Waals surface area contributed by atoms with E-state index < -0.39 is 0 Å². The smallest absolute Gasteiger partial charge is 0.144 e. The summed E-state index contributed by atoms with van der Waals surface area (Å²) in [4.78, 5) is 0. The molecule has 0 amide bonds. The van der Waals surface area contributed by atoms with E-state index in [9.17, 15) is 0 Å². The molecule has 0 saturated carbocycles. The predicted molar refractivity (Wildman–Crippen MR) is 50.7 cm³/mol. The van der Waals surface area contributed by atoms with Crippen LogP contribution in [0.1, 0.15) is 32.8 Å². The van der Waals surface area contributed by atoms with Crippen molar-refractivity contribution in [3.63, 3.8) is 0 Å². The molecule has 0 aliphatic rings. The van der Waals surface area contributed by atoms with Crippen LogP contribution in [-0.2, 0) is 5.41 Å². The van der Waals surface area contributed by atoms with Crippen molar-refractivity contribution in [2.24, 2.45) is 0 Å². The lowest BCUT2D eigenvalue weighted by Gasteiger charge is -2.24. The van der Waals surface area contributed by atoms with E-state index in [1.54, 1.807) is 6.20 Å². The Morgan fingerprint density at radius 3 is 2.67 bits per heavy atom. The first kappa shape index (κ1) is 9.23. The summed E-state index contributed by atoms with van der Waals surface area (Å²) in [6.45, 7) is 6.45. The highest BCUT2D eigenvalue weighted by Crippen LogP contribution is 2.23. The van der Waals surface area contributed by atoms with Gasteiger partial charge in [-0.3, -0.25) is 0 Å². The normalized spacial score (nSPS) is 11.6. The molecule has 0 bridgehead atoms. The molecule has 2 radical (unpaired) electrons. The molecule has 0 unspecified atom stereocenters. The van der Waals surface area contributed by atoms with E-state index in [2.05, 4.69) is 31.0 Å². The van der Waals surface area contributed by atoms with Crippen LogP contribution in [0.2, 0.25) is 0 Å². The Hall–Kier alpha value is -0.855. The van der Waals surface area contributed by atoms with Crippen LogP contribution in [0.5, 0.6) is 0 Å². The van der Waals surface area contributed by atoms with Crippen molar-refractivity contribution in [3.8, 4) is 0 Å². The van der Waals surface area contributed by atoms with Gasteiger partial charge in [0.25, 0.3) is 0 Å². The first-order valence-electron chi connectivity index (χ1n) is 4.15. The van der Waals surface area contributed by atoms with Crippen LogP contribution in [-0.4, -0.2) is 18.0 Å².